The van der Waals surface area contributed by atoms with Gasteiger partial charge in [0.15, 0.2) is 0 Å². The summed E-state index contributed by atoms with van der Waals surface area (Å²) < 4.78 is 3.25. The molecule has 1 saturated carbocycles. The van der Waals surface area contributed by atoms with E-state index in [1.54, 1.807) is 17.5 Å². The maximum absolute atomic E-state index is 12.7. The van der Waals surface area contributed by atoms with Gasteiger partial charge in [-0.05, 0) is 44.4 Å². The van der Waals surface area contributed by atoms with Gasteiger partial charge in [0.2, 0.25) is 5.91 Å². The molecular formula is C22H27N5OS. The van der Waals surface area contributed by atoms with Crippen molar-refractivity contribution in [1.29, 1.82) is 0 Å². The van der Waals surface area contributed by atoms with E-state index in [1.165, 1.54) is 22.5 Å². The highest BCUT2D eigenvalue weighted by Gasteiger charge is 2.26. The molecule has 3 heterocycles. The van der Waals surface area contributed by atoms with Gasteiger partial charge in [-0.2, -0.15) is 5.10 Å². The molecule has 5 rings (SSSR count). The molecule has 1 aliphatic heterocycles. The van der Waals surface area contributed by atoms with E-state index < -0.39 is 0 Å². The normalized spacial score (nSPS) is 21.0. The number of nitrogens with one attached hydrogen (secondary N) is 1. The van der Waals surface area contributed by atoms with Crippen LogP contribution in [0.1, 0.15) is 55.5 Å². The number of carbonyl (C=O) groups excluding carboxylic acids is 1. The van der Waals surface area contributed by atoms with Gasteiger partial charge in [0.05, 0.1) is 34.0 Å². The minimum absolute atomic E-state index is 0.0506. The Bertz CT molecular complexity index is 957. The number of piperidine rings is 1. The molecule has 1 amide bonds. The van der Waals surface area contributed by atoms with Gasteiger partial charge in [0.25, 0.3) is 0 Å². The minimum atomic E-state index is 0.0506. The van der Waals surface area contributed by atoms with Crippen molar-refractivity contribution in [1.82, 2.24) is 19.7 Å². The molecule has 0 radical (unpaired) electrons. The van der Waals surface area contributed by atoms with Gasteiger partial charge in [0, 0.05) is 18.5 Å². The van der Waals surface area contributed by atoms with Gasteiger partial charge in [-0.1, -0.05) is 25.0 Å². The first-order chi connectivity index (χ1) is 14.3. The van der Waals surface area contributed by atoms with Gasteiger partial charge in [0.1, 0.15) is 5.82 Å². The molecule has 0 spiro atoms. The van der Waals surface area contributed by atoms with Gasteiger partial charge < -0.3 is 5.32 Å². The number of nitrogens with zero attached hydrogens (tertiary/aromatic N) is 4. The number of aromatic nitrogens is 3. The Kier molecular flexibility index (Phi) is 5.33. The molecule has 7 heteroatoms. The number of para-hydroxylation sites is 1. The van der Waals surface area contributed by atoms with Crippen LogP contribution in [-0.4, -0.2) is 45.2 Å². The summed E-state index contributed by atoms with van der Waals surface area (Å²) in [6.07, 6.45) is 8.84. The van der Waals surface area contributed by atoms with Crippen LogP contribution in [0.2, 0.25) is 0 Å². The monoisotopic (exact) mass is 409 g/mol. The van der Waals surface area contributed by atoms with Crippen LogP contribution in [0.15, 0.2) is 36.5 Å². The number of amides is 1. The second-order valence-electron chi connectivity index (χ2n) is 8.24. The maximum atomic E-state index is 12.7. The topological polar surface area (TPSA) is 63.1 Å². The second kappa shape index (κ2) is 8.24. The van der Waals surface area contributed by atoms with Gasteiger partial charge in [-0.25, -0.2) is 9.67 Å². The van der Waals surface area contributed by atoms with Gasteiger partial charge >= 0.3 is 0 Å². The smallest absolute Gasteiger partial charge is 0.239 e. The molecule has 1 aliphatic carbocycles. The fraction of sp³-hybridized carbons (Fsp3) is 0.500. The highest BCUT2D eigenvalue weighted by atomic mass is 32.1. The largest absolute Gasteiger partial charge is 0.310 e. The predicted molar refractivity (Wildman–Crippen MR) is 116 cm³/mol. The van der Waals surface area contributed by atoms with Crippen LogP contribution in [0.4, 0.5) is 5.82 Å². The van der Waals surface area contributed by atoms with Crippen molar-refractivity contribution in [3.8, 4) is 0 Å². The molecule has 1 atom stereocenters. The first-order valence-electron chi connectivity index (χ1n) is 10.7. The zero-order chi connectivity index (χ0) is 19.6. The number of anilines is 1. The average Bonchev–Trinajstić information content (AvgIpc) is 3.48. The standard InChI is InChI=1S/C22H27N5OS/c28-21(25-20-11-12-23-27(20)17-7-1-2-8-17)15-26-13-5-6-16(14-26)22-24-18-9-3-4-10-19(18)29-22/h3-4,9-12,16-17H,1-2,5-8,13-15H2,(H,25,28)/t16-/m0/s1. The molecule has 1 aromatic carbocycles. The molecule has 6 nitrogen and oxygen atoms in total. The number of hydrogen-bond acceptors (Lipinski definition) is 5. The van der Waals surface area contributed by atoms with Crippen molar-refractivity contribution < 1.29 is 4.79 Å². The second-order valence-corrected chi connectivity index (χ2v) is 9.30. The summed E-state index contributed by atoms with van der Waals surface area (Å²) >= 11 is 1.79. The summed E-state index contributed by atoms with van der Waals surface area (Å²) in [7, 11) is 0. The van der Waals surface area contributed by atoms with E-state index in [0.29, 0.717) is 18.5 Å². The van der Waals surface area contributed by atoms with E-state index in [9.17, 15) is 4.79 Å². The van der Waals surface area contributed by atoms with Crippen molar-refractivity contribution >= 4 is 33.3 Å². The number of hydrogen-bond donors (Lipinski definition) is 1. The number of fused-ring (bicyclic) bond motifs is 1. The Morgan fingerprint density at radius 3 is 2.86 bits per heavy atom. The van der Waals surface area contributed by atoms with Crippen LogP contribution in [-0.2, 0) is 4.79 Å². The molecule has 2 aromatic heterocycles. The highest BCUT2D eigenvalue weighted by molar-refractivity contribution is 7.18. The Morgan fingerprint density at radius 2 is 2.00 bits per heavy atom. The minimum Gasteiger partial charge on any atom is -0.310 e. The van der Waals surface area contributed by atoms with Gasteiger partial charge in [-0.15, -0.1) is 11.3 Å². The quantitative estimate of drug-likeness (QED) is 0.677. The predicted octanol–water partition coefficient (Wildman–Crippen LogP) is 4.43. The van der Waals surface area contributed by atoms with E-state index in [0.717, 1.165) is 50.1 Å². The van der Waals surface area contributed by atoms with Crippen molar-refractivity contribution in [2.24, 2.45) is 0 Å². The third kappa shape index (κ3) is 4.07. The number of thiazole rings is 1. The summed E-state index contributed by atoms with van der Waals surface area (Å²) in [5.41, 5.74) is 1.09. The van der Waals surface area contributed by atoms with Crippen molar-refractivity contribution in [2.75, 3.05) is 25.0 Å². The molecule has 1 saturated heterocycles. The summed E-state index contributed by atoms with van der Waals surface area (Å²) in [5.74, 6) is 1.30. The fourth-order valence-electron chi connectivity index (χ4n) is 4.70. The van der Waals surface area contributed by atoms with Crippen LogP contribution < -0.4 is 5.32 Å². The molecule has 2 fully saturated rings. The zero-order valence-electron chi connectivity index (χ0n) is 16.6. The summed E-state index contributed by atoms with van der Waals surface area (Å²) in [6, 6.07) is 10.7. The lowest BCUT2D eigenvalue weighted by Crippen LogP contribution is -2.40. The van der Waals surface area contributed by atoms with Crippen molar-refractivity contribution in [3.63, 3.8) is 0 Å². The summed E-state index contributed by atoms with van der Waals surface area (Å²) in [5, 5.41) is 8.75. The van der Waals surface area contributed by atoms with Crippen LogP contribution in [0.25, 0.3) is 10.2 Å². The van der Waals surface area contributed by atoms with E-state index in [2.05, 4.69) is 33.5 Å². The van der Waals surface area contributed by atoms with Crippen molar-refractivity contribution in [3.05, 3.63) is 41.5 Å². The fourth-order valence-corrected chi connectivity index (χ4v) is 5.80. The first kappa shape index (κ1) is 18.8. The SMILES string of the molecule is O=C(CN1CCC[C@H](c2nc3ccccc3s2)C1)Nc1ccnn1C1CCCC1. The van der Waals surface area contributed by atoms with E-state index in [-0.39, 0.29) is 5.91 Å². The van der Waals surface area contributed by atoms with Crippen LogP contribution >= 0.6 is 11.3 Å². The van der Waals surface area contributed by atoms with Crippen LogP contribution in [0, 0.1) is 0 Å². The number of rotatable bonds is 5. The Balaban J connectivity index is 1.21. The van der Waals surface area contributed by atoms with E-state index in [4.69, 9.17) is 4.98 Å². The Morgan fingerprint density at radius 1 is 1.14 bits per heavy atom. The zero-order valence-corrected chi connectivity index (χ0v) is 17.4. The highest BCUT2D eigenvalue weighted by Crippen LogP contribution is 2.33. The molecular weight excluding hydrogens is 382 g/mol. The third-order valence-electron chi connectivity index (χ3n) is 6.14. The van der Waals surface area contributed by atoms with Gasteiger partial charge in [-0.3, -0.25) is 9.69 Å². The Hall–Kier alpha value is -2.25. The summed E-state index contributed by atoms with van der Waals surface area (Å²) in [6.45, 7) is 2.29. The van der Waals surface area contributed by atoms with Crippen molar-refractivity contribution in [2.45, 2.75) is 50.5 Å². The lowest BCUT2D eigenvalue weighted by Gasteiger charge is -2.31. The van der Waals surface area contributed by atoms with Crippen LogP contribution in [0.5, 0.6) is 0 Å². The number of carbonyl (C=O) groups is 1. The third-order valence-corrected chi connectivity index (χ3v) is 7.34. The molecule has 3 aromatic rings. The molecule has 152 valence electrons. The summed E-state index contributed by atoms with van der Waals surface area (Å²) in [4.78, 5) is 19.8. The molecule has 29 heavy (non-hydrogen) atoms. The molecule has 0 bridgehead atoms. The average molecular weight is 410 g/mol. The lowest BCUT2D eigenvalue weighted by atomic mass is 9.99. The maximum Gasteiger partial charge on any atom is 0.239 e. The molecule has 1 N–H and O–H groups in total. The number of benzene rings is 1. The first-order valence-corrected chi connectivity index (χ1v) is 11.5. The van der Waals surface area contributed by atoms with E-state index in [1.807, 2.05) is 16.8 Å². The molecule has 0 unspecified atom stereocenters. The molecule has 2 aliphatic rings. The van der Waals surface area contributed by atoms with E-state index >= 15 is 0 Å². The lowest BCUT2D eigenvalue weighted by molar-refractivity contribution is -0.117. The van der Waals surface area contributed by atoms with Crippen LogP contribution in [0.3, 0.4) is 0 Å². The Labute approximate surface area is 174 Å². The number of likely N-dealkylation sites (tertiary alicyclic amines) is 1.